The predicted molar refractivity (Wildman–Crippen MR) is 72.8 cm³/mol. The van der Waals surface area contributed by atoms with Crippen molar-refractivity contribution in [2.75, 3.05) is 13.1 Å². The molecule has 2 nitrogen and oxygen atoms in total. The fourth-order valence-electron chi connectivity index (χ4n) is 2.18. The van der Waals surface area contributed by atoms with E-state index in [1.54, 1.807) is 0 Å². The number of allylic oxidation sites excluding steroid dienone is 3. The van der Waals surface area contributed by atoms with Gasteiger partial charge >= 0.3 is 0 Å². The zero-order valence-electron chi connectivity index (χ0n) is 11.2. The lowest BCUT2D eigenvalue weighted by Crippen LogP contribution is -2.31. The van der Waals surface area contributed by atoms with Crippen LogP contribution in [0.2, 0.25) is 0 Å². The van der Waals surface area contributed by atoms with Gasteiger partial charge < -0.3 is 4.90 Å². The van der Waals surface area contributed by atoms with E-state index in [1.165, 1.54) is 12.8 Å². The van der Waals surface area contributed by atoms with Crippen molar-refractivity contribution in [1.82, 2.24) is 4.90 Å². The maximum Gasteiger partial charge on any atom is 0.222 e. The normalized spacial score (nSPS) is 19.8. The molecule has 17 heavy (non-hydrogen) atoms. The number of rotatable bonds is 6. The molecule has 1 amide bonds. The minimum absolute atomic E-state index is 0.264. The Kier molecular flexibility index (Phi) is 6.68. The Balaban J connectivity index is 2.36. The van der Waals surface area contributed by atoms with Gasteiger partial charge in [0.15, 0.2) is 0 Å². The second-order valence-corrected chi connectivity index (χ2v) is 4.67. The predicted octanol–water partition coefficient (Wildman–Crippen LogP) is 3.55. The van der Waals surface area contributed by atoms with Crippen molar-refractivity contribution in [2.45, 2.75) is 46.0 Å². The smallest absolute Gasteiger partial charge is 0.222 e. The van der Waals surface area contributed by atoms with Crippen LogP contribution in [0, 0.1) is 5.92 Å². The Bertz CT molecular complexity index is 281. The standard InChI is InChI=1S/C15H25NO/c1-3-12-16(15(17)4-2)13-8-11-14-9-6-5-7-10-14/h5-6,8,11,14H,3-4,7,9-10,12-13H2,1-2H3. The van der Waals surface area contributed by atoms with Gasteiger partial charge in [0.1, 0.15) is 0 Å². The molecule has 1 atom stereocenters. The maximum atomic E-state index is 11.7. The van der Waals surface area contributed by atoms with Crippen LogP contribution in [-0.2, 0) is 4.79 Å². The van der Waals surface area contributed by atoms with E-state index < -0.39 is 0 Å². The molecule has 1 rings (SSSR count). The van der Waals surface area contributed by atoms with Crippen molar-refractivity contribution in [3.05, 3.63) is 24.3 Å². The molecule has 0 bridgehead atoms. The second kappa shape index (κ2) is 8.10. The molecule has 1 aliphatic rings. The molecule has 96 valence electrons. The summed E-state index contributed by atoms with van der Waals surface area (Å²) in [6.07, 6.45) is 14.2. The van der Waals surface area contributed by atoms with Gasteiger partial charge in [-0.1, -0.05) is 38.2 Å². The molecule has 0 N–H and O–H groups in total. The monoisotopic (exact) mass is 235 g/mol. The fraction of sp³-hybridized carbons (Fsp3) is 0.667. The van der Waals surface area contributed by atoms with Gasteiger partial charge in [-0.05, 0) is 31.6 Å². The third-order valence-corrected chi connectivity index (χ3v) is 3.19. The van der Waals surface area contributed by atoms with E-state index in [1.807, 2.05) is 11.8 Å². The molecule has 2 heteroatoms. The van der Waals surface area contributed by atoms with Gasteiger partial charge in [0.2, 0.25) is 5.91 Å². The van der Waals surface area contributed by atoms with Crippen molar-refractivity contribution < 1.29 is 4.79 Å². The first-order chi connectivity index (χ1) is 8.27. The molecule has 0 fully saturated rings. The highest BCUT2D eigenvalue weighted by Crippen LogP contribution is 2.19. The van der Waals surface area contributed by atoms with Crippen LogP contribution in [-0.4, -0.2) is 23.9 Å². The lowest BCUT2D eigenvalue weighted by Gasteiger charge is -2.20. The average molecular weight is 235 g/mol. The van der Waals surface area contributed by atoms with Gasteiger partial charge in [-0.25, -0.2) is 0 Å². The zero-order valence-corrected chi connectivity index (χ0v) is 11.2. The topological polar surface area (TPSA) is 20.3 Å². The van der Waals surface area contributed by atoms with E-state index in [4.69, 9.17) is 0 Å². The van der Waals surface area contributed by atoms with E-state index in [9.17, 15) is 4.79 Å². The molecule has 0 saturated carbocycles. The molecule has 0 radical (unpaired) electrons. The van der Waals surface area contributed by atoms with Crippen LogP contribution in [0.25, 0.3) is 0 Å². The van der Waals surface area contributed by atoms with Crippen LogP contribution in [0.15, 0.2) is 24.3 Å². The Hall–Kier alpha value is -1.05. The third kappa shape index (κ3) is 5.20. The van der Waals surface area contributed by atoms with Crippen molar-refractivity contribution in [3.63, 3.8) is 0 Å². The molecule has 0 spiro atoms. The van der Waals surface area contributed by atoms with Crippen molar-refractivity contribution >= 4 is 5.91 Å². The molecule has 0 saturated heterocycles. The summed E-state index contributed by atoms with van der Waals surface area (Å²) in [6, 6.07) is 0. The first-order valence-electron chi connectivity index (χ1n) is 6.87. The van der Waals surface area contributed by atoms with Crippen LogP contribution in [0.3, 0.4) is 0 Å². The van der Waals surface area contributed by atoms with Crippen LogP contribution in [0.5, 0.6) is 0 Å². The van der Waals surface area contributed by atoms with Crippen LogP contribution < -0.4 is 0 Å². The van der Waals surface area contributed by atoms with Gasteiger partial charge in [-0.15, -0.1) is 0 Å². The van der Waals surface area contributed by atoms with Crippen LogP contribution in [0.4, 0.5) is 0 Å². The number of carbonyl (C=O) groups is 1. The first-order valence-corrected chi connectivity index (χ1v) is 6.87. The second-order valence-electron chi connectivity index (χ2n) is 4.67. The Labute approximate surface area is 105 Å². The van der Waals surface area contributed by atoms with E-state index in [2.05, 4.69) is 31.2 Å². The molecular formula is C15H25NO. The average Bonchev–Trinajstić information content (AvgIpc) is 2.38. The molecule has 0 aromatic heterocycles. The summed E-state index contributed by atoms with van der Waals surface area (Å²) >= 11 is 0. The highest BCUT2D eigenvalue weighted by atomic mass is 16.2. The zero-order chi connectivity index (χ0) is 12.5. The minimum Gasteiger partial charge on any atom is -0.339 e. The van der Waals surface area contributed by atoms with Gasteiger partial charge in [-0.3, -0.25) is 4.79 Å². The summed E-state index contributed by atoms with van der Waals surface area (Å²) in [4.78, 5) is 13.6. The number of hydrogen-bond donors (Lipinski definition) is 0. The van der Waals surface area contributed by atoms with Crippen LogP contribution in [0.1, 0.15) is 46.0 Å². The number of carbonyl (C=O) groups excluding carboxylic acids is 1. The lowest BCUT2D eigenvalue weighted by atomic mass is 9.94. The molecule has 0 heterocycles. The van der Waals surface area contributed by atoms with Gasteiger partial charge in [0.25, 0.3) is 0 Å². The van der Waals surface area contributed by atoms with E-state index in [-0.39, 0.29) is 5.91 Å². The summed E-state index contributed by atoms with van der Waals surface area (Å²) < 4.78 is 0. The van der Waals surface area contributed by atoms with Crippen molar-refractivity contribution in [2.24, 2.45) is 5.92 Å². The largest absolute Gasteiger partial charge is 0.339 e. The quantitative estimate of drug-likeness (QED) is 0.645. The number of nitrogens with zero attached hydrogens (tertiary/aromatic N) is 1. The van der Waals surface area contributed by atoms with Gasteiger partial charge in [0, 0.05) is 19.5 Å². The SMILES string of the molecule is CCCN(CC=CC1CC=CCC1)C(=O)CC. The van der Waals surface area contributed by atoms with E-state index in [0.717, 1.165) is 25.9 Å². The fourth-order valence-corrected chi connectivity index (χ4v) is 2.18. The molecule has 0 aromatic carbocycles. The highest BCUT2D eigenvalue weighted by Gasteiger charge is 2.09. The van der Waals surface area contributed by atoms with Gasteiger partial charge in [-0.2, -0.15) is 0 Å². The van der Waals surface area contributed by atoms with Crippen molar-refractivity contribution in [1.29, 1.82) is 0 Å². The number of hydrogen-bond acceptors (Lipinski definition) is 1. The van der Waals surface area contributed by atoms with Crippen LogP contribution >= 0.6 is 0 Å². The molecule has 1 unspecified atom stereocenters. The lowest BCUT2D eigenvalue weighted by molar-refractivity contribution is -0.130. The Morgan fingerprint density at radius 2 is 2.24 bits per heavy atom. The Morgan fingerprint density at radius 3 is 2.82 bits per heavy atom. The third-order valence-electron chi connectivity index (χ3n) is 3.19. The van der Waals surface area contributed by atoms with Gasteiger partial charge in [0.05, 0.1) is 0 Å². The first kappa shape index (κ1) is 14.0. The van der Waals surface area contributed by atoms with E-state index in [0.29, 0.717) is 12.3 Å². The molecular weight excluding hydrogens is 210 g/mol. The minimum atomic E-state index is 0.264. The summed E-state index contributed by atoms with van der Waals surface area (Å²) in [5.41, 5.74) is 0. The highest BCUT2D eigenvalue weighted by molar-refractivity contribution is 5.75. The molecule has 0 aliphatic heterocycles. The van der Waals surface area contributed by atoms with Crippen molar-refractivity contribution in [3.8, 4) is 0 Å². The summed E-state index contributed by atoms with van der Waals surface area (Å²) in [6.45, 7) is 5.70. The van der Waals surface area contributed by atoms with E-state index >= 15 is 0 Å². The summed E-state index contributed by atoms with van der Waals surface area (Å²) in [7, 11) is 0. The number of amides is 1. The summed E-state index contributed by atoms with van der Waals surface area (Å²) in [5, 5.41) is 0. The molecule has 0 aromatic rings. The maximum absolute atomic E-state index is 11.7. The Morgan fingerprint density at radius 1 is 1.41 bits per heavy atom. The summed E-state index contributed by atoms with van der Waals surface area (Å²) in [5.74, 6) is 0.945. The molecule has 1 aliphatic carbocycles.